The number of hydrogen-bond donors (Lipinski definition) is 1. The third kappa shape index (κ3) is 3.51. The number of hydrogen-bond acceptors (Lipinski definition) is 3. The van der Waals surface area contributed by atoms with Crippen molar-refractivity contribution in [1.29, 1.82) is 0 Å². The van der Waals surface area contributed by atoms with Gasteiger partial charge in [0.25, 0.3) is 5.91 Å². The Morgan fingerprint density at radius 1 is 1.44 bits per heavy atom. The first-order valence-electron chi connectivity index (χ1n) is 4.85. The van der Waals surface area contributed by atoms with Crippen molar-refractivity contribution >= 4 is 11.9 Å². The van der Waals surface area contributed by atoms with Gasteiger partial charge in [-0.15, -0.1) is 0 Å². The second kappa shape index (κ2) is 5.11. The molecule has 1 heterocycles. The molecule has 5 nitrogen and oxygen atoms in total. The highest BCUT2D eigenvalue weighted by molar-refractivity contribution is 5.94. The summed E-state index contributed by atoms with van der Waals surface area (Å²) >= 11 is 0. The summed E-state index contributed by atoms with van der Waals surface area (Å²) in [4.78, 5) is 22.9. The number of carboxylic acids is 1. The molecule has 1 aromatic heterocycles. The molecule has 1 N–H and O–H groups in total. The van der Waals surface area contributed by atoms with Gasteiger partial charge in [0.15, 0.2) is 0 Å². The Morgan fingerprint density at radius 3 is 2.50 bits per heavy atom. The second-order valence-electron chi connectivity index (χ2n) is 3.57. The standard InChI is InChI=1S/C10H10F3NO4/c1-14(3-2-8(15)16)9(17)6-4-7(18-5-6)10(11,12)13/h4-5H,2-3H2,1H3,(H,15,16). The highest BCUT2D eigenvalue weighted by Gasteiger charge is 2.35. The van der Waals surface area contributed by atoms with Gasteiger partial charge in [-0.25, -0.2) is 0 Å². The zero-order chi connectivity index (χ0) is 13.9. The molecule has 0 aliphatic rings. The lowest BCUT2D eigenvalue weighted by atomic mass is 10.2. The van der Waals surface area contributed by atoms with E-state index in [1.54, 1.807) is 0 Å². The summed E-state index contributed by atoms with van der Waals surface area (Å²) in [6.45, 7) is -0.0965. The van der Waals surface area contributed by atoms with E-state index in [9.17, 15) is 22.8 Å². The van der Waals surface area contributed by atoms with Crippen LogP contribution in [0, 0.1) is 0 Å². The van der Waals surface area contributed by atoms with Crippen LogP contribution in [0.2, 0.25) is 0 Å². The molecule has 0 unspecified atom stereocenters. The Bertz CT molecular complexity index is 452. The van der Waals surface area contributed by atoms with E-state index >= 15 is 0 Å². The average Bonchev–Trinajstić information content (AvgIpc) is 2.73. The number of carbonyl (C=O) groups excluding carboxylic acids is 1. The van der Waals surface area contributed by atoms with Gasteiger partial charge in [-0.05, 0) is 0 Å². The molecule has 0 spiro atoms. The fourth-order valence-corrected chi connectivity index (χ4v) is 1.18. The molecule has 0 radical (unpaired) electrons. The molecule has 100 valence electrons. The van der Waals surface area contributed by atoms with E-state index in [-0.39, 0.29) is 18.5 Å². The summed E-state index contributed by atoms with van der Waals surface area (Å²) in [7, 11) is 1.30. The summed E-state index contributed by atoms with van der Waals surface area (Å²) in [5, 5.41) is 8.42. The average molecular weight is 265 g/mol. The van der Waals surface area contributed by atoms with Gasteiger partial charge in [-0.1, -0.05) is 0 Å². The van der Waals surface area contributed by atoms with Gasteiger partial charge in [0.1, 0.15) is 6.26 Å². The molecule has 18 heavy (non-hydrogen) atoms. The number of aliphatic carboxylic acids is 1. The van der Waals surface area contributed by atoms with E-state index in [0.29, 0.717) is 12.3 Å². The van der Waals surface area contributed by atoms with E-state index in [0.717, 1.165) is 4.90 Å². The van der Waals surface area contributed by atoms with Crippen LogP contribution in [0.4, 0.5) is 13.2 Å². The van der Waals surface area contributed by atoms with Crippen molar-refractivity contribution in [3.05, 3.63) is 23.7 Å². The van der Waals surface area contributed by atoms with E-state index in [1.165, 1.54) is 7.05 Å². The maximum atomic E-state index is 12.2. The molecule has 0 aliphatic carbocycles. The molecule has 0 fully saturated rings. The maximum absolute atomic E-state index is 12.2. The monoisotopic (exact) mass is 265 g/mol. The zero-order valence-corrected chi connectivity index (χ0v) is 9.32. The number of rotatable bonds is 4. The Kier molecular flexibility index (Phi) is 4.00. The van der Waals surface area contributed by atoms with Crippen LogP contribution in [0.3, 0.4) is 0 Å². The predicted molar refractivity (Wildman–Crippen MR) is 52.9 cm³/mol. The highest BCUT2D eigenvalue weighted by Crippen LogP contribution is 2.30. The fraction of sp³-hybridized carbons (Fsp3) is 0.400. The lowest BCUT2D eigenvalue weighted by Crippen LogP contribution is -2.28. The van der Waals surface area contributed by atoms with E-state index in [2.05, 4.69) is 4.42 Å². The number of furan rings is 1. The minimum absolute atomic E-state index is 0.0965. The number of nitrogens with zero attached hydrogens (tertiary/aromatic N) is 1. The Balaban J connectivity index is 2.72. The number of carbonyl (C=O) groups is 2. The van der Waals surface area contributed by atoms with Gasteiger partial charge in [0.05, 0.1) is 12.0 Å². The summed E-state index contributed by atoms with van der Waals surface area (Å²) in [5.74, 6) is -3.09. The van der Waals surface area contributed by atoms with Crippen molar-refractivity contribution in [3.8, 4) is 0 Å². The second-order valence-corrected chi connectivity index (χ2v) is 3.57. The third-order valence-corrected chi connectivity index (χ3v) is 2.13. The Morgan fingerprint density at radius 2 is 2.06 bits per heavy atom. The van der Waals surface area contributed by atoms with Crippen LogP contribution in [0.15, 0.2) is 16.7 Å². The van der Waals surface area contributed by atoms with E-state index in [1.807, 2.05) is 0 Å². The van der Waals surface area contributed by atoms with Crippen LogP contribution in [0.5, 0.6) is 0 Å². The van der Waals surface area contributed by atoms with Crippen molar-refractivity contribution < 1.29 is 32.3 Å². The van der Waals surface area contributed by atoms with Gasteiger partial charge in [-0.2, -0.15) is 13.2 Å². The molecule has 0 saturated carbocycles. The predicted octanol–water partition coefficient (Wildman–Crippen LogP) is 1.85. The fourth-order valence-electron chi connectivity index (χ4n) is 1.18. The summed E-state index contributed by atoms with van der Waals surface area (Å²) in [6.07, 6.45) is -4.24. The molecule has 1 rings (SSSR count). The van der Waals surface area contributed by atoms with Gasteiger partial charge in [-0.3, -0.25) is 9.59 Å². The first-order chi connectivity index (χ1) is 8.21. The molecule has 8 heteroatoms. The smallest absolute Gasteiger partial charge is 0.449 e. The van der Waals surface area contributed by atoms with Gasteiger partial charge in [0, 0.05) is 19.7 Å². The number of carboxylic acid groups (broad SMARTS) is 1. The van der Waals surface area contributed by atoms with Crippen LogP contribution in [-0.2, 0) is 11.0 Å². The Hall–Kier alpha value is -1.99. The molecule has 0 bridgehead atoms. The quantitative estimate of drug-likeness (QED) is 0.901. The highest BCUT2D eigenvalue weighted by atomic mass is 19.4. The van der Waals surface area contributed by atoms with Gasteiger partial charge in [0.2, 0.25) is 5.76 Å². The van der Waals surface area contributed by atoms with Crippen LogP contribution in [0.1, 0.15) is 22.5 Å². The SMILES string of the molecule is CN(CCC(=O)O)C(=O)c1coc(C(F)(F)F)c1. The molecule has 1 amide bonds. The van der Waals surface area contributed by atoms with E-state index in [4.69, 9.17) is 5.11 Å². The van der Waals surface area contributed by atoms with Crippen LogP contribution in [0.25, 0.3) is 0 Å². The number of amides is 1. The molecular weight excluding hydrogens is 255 g/mol. The van der Waals surface area contributed by atoms with Crippen molar-refractivity contribution in [2.75, 3.05) is 13.6 Å². The van der Waals surface area contributed by atoms with Gasteiger partial charge < -0.3 is 14.4 Å². The molecule has 0 atom stereocenters. The molecule has 0 aromatic carbocycles. The minimum atomic E-state index is -4.65. The third-order valence-electron chi connectivity index (χ3n) is 2.13. The summed E-state index contributed by atoms with van der Waals surface area (Å²) in [6, 6.07) is 0.583. The lowest BCUT2D eigenvalue weighted by Gasteiger charge is -2.14. The maximum Gasteiger partial charge on any atom is 0.449 e. The minimum Gasteiger partial charge on any atom is -0.481 e. The zero-order valence-electron chi connectivity index (χ0n) is 9.32. The number of alkyl halides is 3. The molecular formula is C10H10F3NO4. The largest absolute Gasteiger partial charge is 0.481 e. The normalized spacial score (nSPS) is 11.3. The molecule has 1 aromatic rings. The Labute approximate surface area is 99.8 Å². The first kappa shape index (κ1) is 14.1. The summed E-state index contributed by atoms with van der Waals surface area (Å²) < 4.78 is 40.9. The topological polar surface area (TPSA) is 70.8 Å². The van der Waals surface area contributed by atoms with Crippen LogP contribution in [-0.4, -0.2) is 35.5 Å². The molecule has 0 aliphatic heterocycles. The van der Waals surface area contributed by atoms with Crippen LogP contribution < -0.4 is 0 Å². The summed E-state index contributed by atoms with van der Waals surface area (Å²) in [5.41, 5.74) is -0.268. The van der Waals surface area contributed by atoms with Crippen molar-refractivity contribution in [3.63, 3.8) is 0 Å². The number of halogens is 3. The van der Waals surface area contributed by atoms with Crippen molar-refractivity contribution in [1.82, 2.24) is 4.90 Å². The van der Waals surface area contributed by atoms with Gasteiger partial charge >= 0.3 is 12.1 Å². The molecule has 0 saturated heterocycles. The van der Waals surface area contributed by atoms with Crippen molar-refractivity contribution in [2.45, 2.75) is 12.6 Å². The van der Waals surface area contributed by atoms with Crippen LogP contribution >= 0.6 is 0 Å². The lowest BCUT2D eigenvalue weighted by molar-refractivity contribution is -0.153. The first-order valence-corrected chi connectivity index (χ1v) is 4.85. The van der Waals surface area contributed by atoms with E-state index < -0.39 is 23.8 Å². The van der Waals surface area contributed by atoms with Crippen molar-refractivity contribution in [2.24, 2.45) is 0 Å².